The van der Waals surface area contributed by atoms with E-state index in [4.69, 9.17) is 16.2 Å². The van der Waals surface area contributed by atoms with Crippen molar-refractivity contribution >= 4 is 21.8 Å². The molecule has 1 aromatic carbocycles. The van der Waals surface area contributed by atoms with Gasteiger partial charge in [0.1, 0.15) is 17.1 Å². The lowest BCUT2D eigenvalue weighted by Gasteiger charge is -2.20. The molecule has 82 valence electrons. The van der Waals surface area contributed by atoms with Crippen LogP contribution < -0.4 is 24.6 Å². The minimum Gasteiger partial charge on any atom is -0.494 e. The van der Waals surface area contributed by atoms with Gasteiger partial charge in [0.05, 0.1) is 7.11 Å². The van der Waals surface area contributed by atoms with E-state index in [-0.39, 0.29) is 28.6 Å². The highest BCUT2D eigenvalue weighted by Gasteiger charge is 2.31. The highest BCUT2D eigenvalue weighted by atomic mass is 32.3. The molecule has 0 fully saturated rings. The second kappa shape index (κ2) is 2.83. The minimum atomic E-state index is -4.12. The molecule has 2 rings (SSSR count). The summed E-state index contributed by atoms with van der Waals surface area (Å²) < 4.78 is 36.0. The highest BCUT2D eigenvalue weighted by molar-refractivity contribution is 7.82. The molecule has 0 radical (unpaired) electrons. The van der Waals surface area contributed by atoms with Crippen molar-refractivity contribution in [3.8, 4) is 17.2 Å². The van der Waals surface area contributed by atoms with Gasteiger partial charge in [-0.25, -0.2) is 0 Å². The third-order valence-electron chi connectivity index (χ3n) is 1.88. The molecular weight excluding hydrogens is 224 g/mol. The second-order valence-corrected chi connectivity index (χ2v) is 3.96. The Morgan fingerprint density at radius 3 is 2.53 bits per heavy atom. The summed E-state index contributed by atoms with van der Waals surface area (Å²) in [5.74, 6) is 0.0296. The maximum atomic E-state index is 11.1. The molecule has 1 aliphatic rings. The molecule has 0 saturated heterocycles. The van der Waals surface area contributed by atoms with Crippen molar-refractivity contribution in [3.63, 3.8) is 0 Å². The first-order valence-corrected chi connectivity index (χ1v) is 5.18. The molecule has 0 amide bonds. The van der Waals surface area contributed by atoms with Crippen LogP contribution in [0.4, 0.5) is 11.4 Å². The molecule has 1 aliphatic heterocycles. The molecule has 0 saturated carbocycles. The monoisotopic (exact) mass is 232 g/mol. The van der Waals surface area contributed by atoms with E-state index < -0.39 is 10.4 Å². The molecule has 0 atom stereocenters. The van der Waals surface area contributed by atoms with Crippen molar-refractivity contribution in [2.75, 3.05) is 18.6 Å². The Balaban J connectivity index is 2.71. The number of benzene rings is 1. The van der Waals surface area contributed by atoms with E-state index in [0.717, 1.165) is 0 Å². The first kappa shape index (κ1) is 9.71. The molecule has 0 spiro atoms. The molecular formula is C7H8N2O5S. The zero-order valence-corrected chi connectivity index (χ0v) is 8.50. The fourth-order valence-electron chi connectivity index (χ4n) is 1.20. The van der Waals surface area contributed by atoms with Crippen molar-refractivity contribution in [3.05, 3.63) is 6.07 Å². The van der Waals surface area contributed by atoms with Gasteiger partial charge in [-0.1, -0.05) is 0 Å². The predicted molar refractivity (Wildman–Crippen MR) is 52.0 cm³/mol. The van der Waals surface area contributed by atoms with Crippen molar-refractivity contribution in [1.82, 2.24) is 0 Å². The van der Waals surface area contributed by atoms with Gasteiger partial charge < -0.3 is 24.6 Å². The Bertz CT molecular complexity index is 525. The SMILES string of the molecule is COc1cc2c(N)c(c1N)OS(=O)(=O)O2. The molecule has 0 aromatic heterocycles. The van der Waals surface area contributed by atoms with Gasteiger partial charge >= 0.3 is 10.4 Å². The lowest BCUT2D eigenvalue weighted by molar-refractivity contribution is 0.372. The first-order chi connectivity index (χ1) is 6.94. The first-order valence-electron chi connectivity index (χ1n) is 3.84. The van der Waals surface area contributed by atoms with Crippen LogP contribution in [0.3, 0.4) is 0 Å². The lowest BCUT2D eigenvalue weighted by Crippen LogP contribution is -2.23. The summed E-state index contributed by atoms with van der Waals surface area (Å²) in [7, 11) is -2.73. The lowest BCUT2D eigenvalue weighted by atomic mass is 10.2. The zero-order chi connectivity index (χ0) is 11.2. The van der Waals surface area contributed by atoms with E-state index in [0.29, 0.717) is 0 Å². The number of rotatable bonds is 1. The van der Waals surface area contributed by atoms with Gasteiger partial charge in [-0.05, 0) is 0 Å². The molecule has 2 bridgehead atoms. The number of hydrogen-bond donors (Lipinski definition) is 2. The molecule has 1 heterocycles. The third-order valence-corrected chi connectivity index (χ3v) is 2.63. The Labute approximate surface area is 85.9 Å². The number of anilines is 2. The number of fused-ring (bicyclic) bond motifs is 2. The van der Waals surface area contributed by atoms with Crippen LogP contribution in [0.1, 0.15) is 0 Å². The number of ether oxygens (including phenoxy) is 1. The van der Waals surface area contributed by atoms with Gasteiger partial charge in [0.2, 0.25) is 0 Å². The Morgan fingerprint density at radius 1 is 1.27 bits per heavy atom. The largest absolute Gasteiger partial charge is 0.501 e. The van der Waals surface area contributed by atoms with Crippen molar-refractivity contribution in [1.29, 1.82) is 0 Å². The van der Waals surface area contributed by atoms with E-state index in [9.17, 15) is 8.42 Å². The number of nitrogen functional groups attached to an aromatic ring is 2. The smallest absolute Gasteiger partial charge is 0.494 e. The zero-order valence-electron chi connectivity index (χ0n) is 7.68. The van der Waals surface area contributed by atoms with Gasteiger partial charge in [-0.15, -0.1) is 8.42 Å². The van der Waals surface area contributed by atoms with Gasteiger partial charge in [-0.2, -0.15) is 0 Å². The number of methoxy groups -OCH3 is 1. The Kier molecular flexibility index (Phi) is 1.83. The number of hydrogen-bond acceptors (Lipinski definition) is 7. The normalized spacial score (nSPS) is 16.3. The number of nitrogens with two attached hydrogens (primary N) is 2. The molecule has 7 nitrogen and oxygen atoms in total. The van der Waals surface area contributed by atoms with Crippen LogP contribution in [0.15, 0.2) is 6.07 Å². The van der Waals surface area contributed by atoms with Gasteiger partial charge in [0.15, 0.2) is 11.5 Å². The topological polar surface area (TPSA) is 114 Å². The fraction of sp³-hybridized carbons (Fsp3) is 0.143. The van der Waals surface area contributed by atoms with Crippen LogP contribution in [0.5, 0.6) is 17.2 Å². The third kappa shape index (κ3) is 1.38. The summed E-state index contributed by atoms with van der Waals surface area (Å²) in [5, 5.41) is 0. The predicted octanol–water partition coefficient (Wildman–Crippen LogP) is -0.124. The summed E-state index contributed by atoms with van der Waals surface area (Å²) >= 11 is 0. The summed E-state index contributed by atoms with van der Waals surface area (Å²) in [6.07, 6.45) is 0. The molecule has 4 N–H and O–H groups in total. The van der Waals surface area contributed by atoms with Gasteiger partial charge in [0, 0.05) is 6.07 Å². The van der Waals surface area contributed by atoms with Crippen LogP contribution in [-0.2, 0) is 10.4 Å². The average molecular weight is 232 g/mol. The highest BCUT2D eigenvalue weighted by Crippen LogP contribution is 2.47. The molecule has 15 heavy (non-hydrogen) atoms. The maximum absolute atomic E-state index is 11.1. The van der Waals surface area contributed by atoms with E-state index in [1.54, 1.807) is 0 Å². The van der Waals surface area contributed by atoms with Crippen LogP contribution >= 0.6 is 0 Å². The molecule has 0 unspecified atom stereocenters. The standard InChI is InChI=1S/C7H8N2O5S/c1-12-3-2-4-6(9)7(5(3)8)14-15(10,11)13-4/h2H,8-9H2,1H3. The summed E-state index contributed by atoms with van der Waals surface area (Å²) in [5.41, 5.74) is 11.2. The maximum Gasteiger partial charge on any atom is 0.501 e. The van der Waals surface area contributed by atoms with Gasteiger partial charge in [0.25, 0.3) is 0 Å². The van der Waals surface area contributed by atoms with Crippen LogP contribution in [0, 0.1) is 0 Å². The van der Waals surface area contributed by atoms with Crippen LogP contribution in [0.25, 0.3) is 0 Å². The summed E-state index contributed by atoms with van der Waals surface area (Å²) in [6, 6.07) is 1.29. The summed E-state index contributed by atoms with van der Waals surface area (Å²) in [6.45, 7) is 0. The quantitative estimate of drug-likeness (QED) is 0.648. The average Bonchev–Trinajstić information content (AvgIpc) is 2.15. The van der Waals surface area contributed by atoms with Crippen molar-refractivity contribution in [2.45, 2.75) is 0 Å². The van der Waals surface area contributed by atoms with E-state index in [2.05, 4.69) is 8.37 Å². The molecule has 8 heteroatoms. The van der Waals surface area contributed by atoms with Gasteiger partial charge in [-0.3, -0.25) is 0 Å². The minimum absolute atomic E-state index is 0.0191. The Morgan fingerprint density at radius 2 is 1.93 bits per heavy atom. The van der Waals surface area contributed by atoms with Crippen molar-refractivity contribution < 1.29 is 21.5 Å². The van der Waals surface area contributed by atoms with E-state index in [1.807, 2.05) is 0 Å². The fourth-order valence-corrected chi connectivity index (χ4v) is 1.98. The Hall–Kier alpha value is -1.83. The van der Waals surface area contributed by atoms with Crippen molar-refractivity contribution in [2.24, 2.45) is 0 Å². The van der Waals surface area contributed by atoms with E-state index in [1.165, 1.54) is 13.2 Å². The van der Waals surface area contributed by atoms with Crippen LogP contribution in [0.2, 0.25) is 0 Å². The second-order valence-electron chi connectivity index (χ2n) is 2.81. The van der Waals surface area contributed by atoms with E-state index >= 15 is 0 Å². The molecule has 1 aromatic rings. The molecule has 0 aliphatic carbocycles. The summed E-state index contributed by atoms with van der Waals surface area (Å²) in [4.78, 5) is 0. The van der Waals surface area contributed by atoms with Crippen LogP contribution in [-0.4, -0.2) is 15.5 Å².